The van der Waals surface area contributed by atoms with Crippen LogP contribution in [-0.2, 0) is 4.74 Å². The molecule has 0 amide bonds. The minimum atomic E-state index is -0.301. The Labute approximate surface area is 156 Å². The summed E-state index contributed by atoms with van der Waals surface area (Å²) >= 11 is 3.44. The number of benzene rings is 2. The van der Waals surface area contributed by atoms with E-state index in [0.29, 0.717) is 18.1 Å². The largest absolute Gasteiger partial charge is 0.462 e. The first-order valence-corrected chi connectivity index (χ1v) is 9.08. The number of carbonyl (C=O) groups is 1. The predicted molar refractivity (Wildman–Crippen MR) is 105 cm³/mol. The monoisotopic (exact) mass is 397 g/mol. The Hall–Kier alpha value is -2.20. The average molecular weight is 398 g/mol. The molecule has 0 aliphatic carbocycles. The Bertz CT molecular complexity index is 917. The van der Waals surface area contributed by atoms with Crippen molar-refractivity contribution in [3.63, 3.8) is 0 Å². The van der Waals surface area contributed by atoms with Crippen LogP contribution in [0.25, 0.3) is 22.2 Å². The fourth-order valence-electron chi connectivity index (χ4n) is 2.60. The van der Waals surface area contributed by atoms with Crippen molar-refractivity contribution in [3.05, 3.63) is 64.1 Å². The summed E-state index contributed by atoms with van der Waals surface area (Å²) < 4.78 is 6.48. The smallest absolute Gasteiger partial charge is 0.338 e. The number of hydrogen-bond acceptors (Lipinski definition) is 3. The van der Waals surface area contributed by atoms with Crippen LogP contribution in [0.4, 0.5) is 0 Å². The first kappa shape index (κ1) is 17.6. The third-order valence-electron chi connectivity index (χ3n) is 3.87. The van der Waals surface area contributed by atoms with Crippen molar-refractivity contribution >= 4 is 32.8 Å². The van der Waals surface area contributed by atoms with E-state index in [1.807, 2.05) is 69.3 Å². The zero-order valence-electron chi connectivity index (χ0n) is 14.5. The third-order valence-corrected chi connectivity index (χ3v) is 4.40. The van der Waals surface area contributed by atoms with Crippen molar-refractivity contribution in [3.8, 4) is 11.3 Å². The molecule has 0 unspecified atom stereocenters. The van der Waals surface area contributed by atoms with Gasteiger partial charge in [0.05, 0.1) is 23.4 Å². The number of rotatable bonds is 4. The third kappa shape index (κ3) is 4.07. The van der Waals surface area contributed by atoms with Gasteiger partial charge in [-0.2, -0.15) is 0 Å². The van der Waals surface area contributed by atoms with Gasteiger partial charge in [-0.1, -0.05) is 53.5 Å². The summed E-state index contributed by atoms with van der Waals surface area (Å²) in [6.07, 6.45) is 0. The van der Waals surface area contributed by atoms with E-state index in [4.69, 9.17) is 9.72 Å². The summed E-state index contributed by atoms with van der Waals surface area (Å²) in [6, 6.07) is 15.7. The number of hydrogen-bond donors (Lipinski definition) is 0. The van der Waals surface area contributed by atoms with Crippen LogP contribution in [0.1, 0.15) is 29.8 Å². The van der Waals surface area contributed by atoms with Gasteiger partial charge in [0.1, 0.15) is 0 Å². The number of esters is 1. The molecule has 3 nitrogen and oxygen atoms in total. The topological polar surface area (TPSA) is 39.2 Å². The van der Waals surface area contributed by atoms with Crippen molar-refractivity contribution in [2.24, 2.45) is 5.92 Å². The number of nitrogens with zero attached hydrogens (tertiary/aromatic N) is 1. The number of aromatic nitrogens is 1. The molecular formula is C21H20BrNO2. The maximum Gasteiger partial charge on any atom is 0.338 e. The zero-order chi connectivity index (χ0) is 18.0. The summed E-state index contributed by atoms with van der Waals surface area (Å²) in [4.78, 5) is 17.4. The van der Waals surface area contributed by atoms with E-state index in [0.717, 1.165) is 32.2 Å². The molecule has 25 heavy (non-hydrogen) atoms. The van der Waals surface area contributed by atoms with Gasteiger partial charge < -0.3 is 4.74 Å². The molecule has 0 bridgehead atoms. The Morgan fingerprint density at radius 1 is 1.12 bits per heavy atom. The number of pyridine rings is 1. The van der Waals surface area contributed by atoms with Crippen LogP contribution in [0.15, 0.2) is 53.0 Å². The van der Waals surface area contributed by atoms with Crippen molar-refractivity contribution in [2.45, 2.75) is 20.8 Å². The van der Waals surface area contributed by atoms with Gasteiger partial charge in [-0.15, -0.1) is 0 Å². The van der Waals surface area contributed by atoms with Crippen LogP contribution in [0, 0.1) is 12.8 Å². The van der Waals surface area contributed by atoms with Gasteiger partial charge in [-0.05, 0) is 43.2 Å². The average Bonchev–Trinajstić information content (AvgIpc) is 2.59. The molecule has 3 rings (SSSR count). The van der Waals surface area contributed by atoms with Gasteiger partial charge in [0, 0.05) is 15.4 Å². The number of aryl methyl sites for hydroxylation is 1. The van der Waals surface area contributed by atoms with Crippen LogP contribution in [0.5, 0.6) is 0 Å². The van der Waals surface area contributed by atoms with Crippen LogP contribution in [0.3, 0.4) is 0 Å². The molecule has 0 saturated carbocycles. The zero-order valence-corrected chi connectivity index (χ0v) is 16.1. The highest BCUT2D eigenvalue weighted by Crippen LogP contribution is 2.27. The van der Waals surface area contributed by atoms with Gasteiger partial charge >= 0.3 is 5.97 Å². The summed E-state index contributed by atoms with van der Waals surface area (Å²) in [6.45, 7) is 6.46. The van der Waals surface area contributed by atoms with Crippen molar-refractivity contribution in [1.82, 2.24) is 4.98 Å². The lowest BCUT2D eigenvalue weighted by Crippen LogP contribution is -2.11. The number of carbonyl (C=O) groups excluding carboxylic acids is 1. The van der Waals surface area contributed by atoms with E-state index in [-0.39, 0.29) is 5.97 Å². The Kier molecular flexibility index (Phi) is 5.19. The number of fused-ring (bicyclic) bond motifs is 1. The van der Waals surface area contributed by atoms with E-state index >= 15 is 0 Å². The van der Waals surface area contributed by atoms with Crippen molar-refractivity contribution < 1.29 is 9.53 Å². The Balaban J connectivity index is 2.13. The maximum absolute atomic E-state index is 12.7. The maximum atomic E-state index is 12.7. The lowest BCUT2D eigenvalue weighted by atomic mass is 10.0. The fourth-order valence-corrected chi connectivity index (χ4v) is 2.86. The van der Waals surface area contributed by atoms with E-state index in [9.17, 15) is 4.79 Å². The van der Waals surface area contributed by atoms with Gasteiger partial charge in [-0.3, -0.25) is 0 Å². The van der Waals surface area contributed by atoms with E-state index in [1.54, 1.807) is 0 Å². The minimum Gasteiger partial charge on any atom is -0.462 e. The summed E-state index contributed by atoms with van der Waals surface area (Å²) in [7, 11) is 0. The Morgan fingerprint density at radius 2 is 1.84 bits per heavy atom. The molecule has 3 aromatic rings. The first-order chi connectivity index (χ1) is 11.9. The normalized spacial score (nSPS) is 11.1. The molecular weight excluding hydrogens is 378 g/mol. The SMILES string of the molecule is Cc1ccc2nc(-c3ccc(Br)cc3)cc(C(=O)OCC(C)C)c2c1. The quantitative estimate of drug-likeness (QED) is 0.523. The van der Waals surface area contributed by atoms with Gasteiger partial charge in [0.25, 0.3) is 0 Å². The standard InChI is InChI=1S/C21H20BrNO2/c1-13(2)12-25-21(24)18-11-20(15-5-7-16(22)8-6-15)23-19-9-4-14(3)10-17(18)19/h4-11,13H,12H2,1-3H3. The van der Waals surface area contributed by atoms with E-state index < -0.39 is 0 Å². The molecule has 0 spiro atoms. The molecule has 0 radical (unpaired) electrons. The van der Waals surface area contributed by atoms with Crippen LogP contribution in [-0.4, -0.2) is 17.6 Å². The summed E-state index contributed by atoms with van der Waals surface area (Å²) in [5.41, 5.74) is 4.17. The Morgan fingerprint density at radius 3 is 2.52 bits per heavy atom. The summed E-state index contributed by atoms with van der Waals surface area (Å²) in [5, 5.41) is 0.828. The molecule has 0 atom stereocenters. The predicted octanol–water partition coefficient (Wildman–Crippen LogP) is 5.79. The lowest BCUT2D eigenvalue weighted by Gasteiger charge is -2.12. The molecule has 1 aromatic heterocycles. The molecule has 1 heterocycles. The molecule has 0 aliphatic rings. The summed E-state index contributed by atoms with van der Waals surface area (Å²) in [5.74, 6) is -0.00482. The molecule has 0 fully saturated rings. The molecule has 0 saturated heterocycles. The minimum absolute atomic E-state index is 0.296. The first-order valence-electron chi connectivity index (χ1n) is 8.28. The van der Waals surface area contributed by atoms with Crippen molar-refractivity contribution in [2.75, 3.05) is 6.61 Å². The molecule has 0 N–H and O–H groups in total. The second-order valence-electron chi connectivity index (χ2n) is 6.57. The van der Waals surface area contributed by atoms with Crippen LogP contribution < -0.4 is 0 Å². The molecule has 4 heteroatoms. The van der Waals surface area contributed by atoms with Gasteiger partial charge in [0.15, 0.2) is 0 Å². The number of ether oxygens (including phenoxy) is 1. The van der Waals surface area contributed by atoms with Crippen LogP contribution in [0.2, 0.25) is 0 Å². The molecule has 0 aliphatic heterocycles. The van der Waals surface area contributed by atoms with E-state index in [1.165, 1.54) is 0 Å². The van der Waals surface area contributed by atoms with Crippen LogP contribution >= 0.6 is 15.9 Å². The van der Waals surface area contributed by atoms with E-state index in [2.05, 4.69) is 15.9 Å². The number of halogens is 1. The fraction of sp³-hybridized carbons (Fsp3) is 0.238. The second-order valence-corrected chi connectivity index (χ2v) is 7.49. The highest BCUT2D eigenvalue weighted by atomic mass is 79.9. The van der Waals surface area contributed by atoms with Gasteiger partial charge in [-0.25, -0.2) is 9.78 Å². The second kappa shape index (κ2) is 7.36. The highest BCUT2D eigenvalue weighted by Gasteiger charge is 2.16. The molecule has 2 aromatic carbocycles. The lowest BCUT2D eigenvalue weighted by molar-refractivity contribution is 0.0461. The molecule has 128 valence electrons. The van der Waals surface area contributed by atoms with Crippen molar-refractivity contribution in [1.29, 1.82) is 0 Å². The van der Waals surface area contributed by atoms with Gasteiger partial charge in [0.2, 0.25) is 0 Å². The highest BCUT2D eigenvalue weighted by molar-refractivity contribution is 9.10.